The minimum atomic E-state index is -1.24. The summed E-state index contributed by atoms with van der Waals surface area (Å²) in [7, 11) is 0. The van der Waals surface area contributed by atoms with E-state index in [0.29, 0.717) is 24.2 Å². The first-order valence-electron chi connectivity index (χ1n) is 10.5. The van der Waals surface area contributed by atoms with Crippen LogP contribution in [-0.2, 0) is 6.42 Å². The monoisotopic (exact) mass is 412 g/mol. The molecule has 0 saturated heterocycles. The third-order valence-corrected chi connectivity index (χ3v) is 4.38. The molecule has 0 bridgehead atoms. The van der Waals surface area contributed by atoms with Gasteiger partial charge in [-0.2, -0.15) is 5.10 Å². The lowest BCUT2D eigenvalue weighted by molar-refractivity contribution is 0.110. The summed E-state index contributed by atoms with van der Waals surface area (Å²) in [6, 6.07) is 5.18. The van der Waals surface area contributed by atoms with Crippen molar-refractivity contribution in [2.45, 2.75) is 79.4 Å². The average Bonchev–Trinajstić information content (AvgIpc) is 3.20. The van der Waals surface area contributed by atoms with Crippen molar-refractivity contribution in [1.82, 2.24) is 9.78 Å². The zero-order chi connectivity index (χ0) is 22.2. The Kier molecular flexibility index (Phi) is 14.6. The second-order valence-corrected chi connectivity index (χ2v) is 6.61. The van der Waals surface area contributed by atoms with Crippen molar-refractivity contribution in [2.24, 2.45) is 5.92 Å². The van der Waals surface area contributed by atoms with E-state index < -0.39 is 6.30 Å². The van der Waals surface area contributed by atoms with Gasteiger partial charge in [0.05, 0.1) is 0 Å². The van der Waals surface area contributed by atoms with Gasteiger partial charge in [0.2, 0.25) is 0 Å². The van der Waals surface area contributed by atoms with Crippen molar-refractivity contribution < 1.29 is 18.0 Å². The third kappa shape index (κ3) is 10.3. The largest absolute Gasteiger partial charge is 0.296 e. The first-order chi connectivity index (χ1) is 13.9. The van der Waals surface area contributed by atoms with E-state index in [1.807, 2.05) is 13.8 Å². The number of aromatic nitrogens is 2. The minimum Gasteiger partial charge on any atom is -0.296 e. The number of aldehydes is 1. The maximum absolute atomic E-state index is 13.4. The van der Waals surface area contributed by atoms with E-state index in [2.05, 4.69) is 18.9 Å². The van der Waals surface area contributed by atoms with Gasteiger partial charge in [-0.25, -0.2) is 17.9 Å². The summed E-state index contributed by atoms with van der Waals surface area (Å²) < 4.78 is 39.9. The van der Waals surface area contributed by atoms with E-state index in [1.165, 1.54) is 50.2 Å². The van der Waals surface area contributed by atoms with E-state index in [1.54, 1.807) is 0 Å². The quantitative estimate of drug-likeness (QED) is 0.404. The summed E-state index contributed by atoms with van der Waals surface area (Å²) in [6.07, 6.45) is 7.02. The van der Waals surface area contributed by atoms with E-state index in [4.69, 9.17) is 0 Å². The molecule has 0 fully saturated rings. The molecule has 0 amide bonds. The third-order valence-electron chi connectivity index (χ3n) is 4.38. The number of hydrogen-bond acceptors (Lipinski definition) is 2. The van der Waals surface area contributed by atoms with Crippen molar-refractivity contribution in [3.63, 3.8) is 0 Å². The molecular formula is C23H35F3N2O. The molecule has 1 atom stereocenters. The highest BCUT2D eigenvalue weighted by atomic mass is 19.1. The fourth-order valence-electron chi connectivity index (χ4n) is 3.06. The van der Waals surface area contributed by atoms with Crippen LogP contribution in [0.5, 0.6) is 0 Å². The van der Waals surface area contributed by atoms with Crippen LogP contribution in [-0.4, -0.2) is 16.1 Å². The maximum Gasteiger partial charge on any atom is 0.189 e. The Morgan fingerprint density at radius 2 is 1.69 bits per heavy atom. The molecule has 2 rings (SSSR count). The van der Waals surface area contributed by atoms with Crippen molar-refractivity contribution in [3.8, 4) is 0 Å². The average molecular weight is 413 g/mol. The van der Waals surface area contributed by atoms with Gasteiger partial charge < -0.3 is 0 Å². The number of carbonyl (C=O) groups is 1. The Morgan fingerprint density at radius 3 is 2.17 bits per heavy atom. The minimum absolute atomic E-state index is 0.259. The molecule has 0 N–H and O–H groups in total. The fraction of sp³-hybridized carbons (Fsp3) is 0.565. The summed E-state index contributed by atoms with van der Waals surface area (Å²) in [4.78, 5) is 10.2. The highest BCUT2D eigenvalue weighted by Gasteiger charge is 2.10. The zero-order valence-corrected chi connectivity index (χ0v) is 18.3. The standard InChI is InChI=1S/C15H22F2.C6H7FN2O.C2H6/c1-3-5-12(6-4-2)7-8-13-11-14(16)9-10-15(13)17;1-5(7)9-6(4-10)2-3-8-9;1-2/h9-12H,3-8H2,1-2H3;2-5H,1H3;1-2H3. The number of halogens is 3. The Balaban J connectivity index is 0.000000554. The molecule has 0 aliphatic heterocycles. The molecule has 0 radical (unpaired) electrons. The lowest BCUT2D eigenvalue weighted by Crippen LogP contribution is -2.04. The predicted molar refractivity (Wildman–Crippen MR) is 113 cm³/mol. The van der Waals surface area contributed by atoms with Gasteiger partial charge in [0.25, 0.3) is 0 Å². The smallest absolute Gasteiger partial charge is 0.189 e. The van der Waals surface area contributed by atoms with Gasteiger partial charge >= 0.3 is 0 Å². The van der Waals surface area contributed by atoms with Gasteiger partial charge in [-0.05, 0) is 55.5 Å². The van der Waals surface area contributed by atoms with Crippen LogP contribution in [0.2, 0.25) is 0 Å². The highest BCUT2D eigenvalue weighted by molar-refractivity contribution is 5.71. The van der Waals surface area contributed by atoms with Crippen LogP contribution in [0.1, 0.15) is 89.1 Å². The molecule has 0 aliphatic carbocycles. The van der Waals surface area contributed by atoms with Crippen LogP contribution in [0.3, 0.4) is 0 Å². The molecule has 1 unspecified atom stereocenters. The SMILES string of the molecule is CC.CC(F)n1nccc1C=O.CCCC(CCC)CCc1cc(F)ccc1F. The summed E-state index contributed by atoms with van der Waals surface area (Å²) in [5.41, 5.74) is 0.775. The molecular weight excluding hydrogens is 377 g/mol. The molecule has 1 heterocycles. The van der Waals surface area contributed by atoms with Crippen molar-refractivity contribution in [1.29, 1.82) is 0 Å². The van der Waals surface area contributed by atoms with Gasteiger partial charge in [0.15, 0.2) is 12.6 Å². The predicted octanol–water partition coefficient (Wildman–Crippen LogP) is 7.32. The van der Waals surface area contributed by atoms with Crippen LogP contribution < -0.4 is 0 Å². The van der Waals surface area contributed by atoms with E-state index in [-0.39, 0.29) is 17.3 Å². The van der Waals surface area contributed by atoms with Crippen LogP contribution in [0.4, 0.5) is 13.2 Å². The molecule has 2 aromatic rings. The van der Waals surface area contributed by atoms with Gasteiger partial charge in [-0.3, -0.25) is 4.79 Å². The highest BCUT2D eigenvalue weighted by Crippen LogP contribution is 2.21. The summed E-state index contributed by atoms with van der Waals surface area (Å²) in [5.74, 6) is 0.0229. The molecule has 0 spiro atoms. The van der Waals surface area contributed by atoms with Gasteiger partial charge in [-0.15, -0.1) is 0 Å². The van der Waals surface area contributed by atoms with E-state index >= 15 is 0 Å². The molecule has 164 valence electrons. The Bertz CT molecular complexity index is 681. The molecule has 0 saturated carbocycles. The Morgan fingerprint density at radius 1 is 1.07 bits per heavy atom. The van der Waals surface area contributed by atoms with Crippen molar-refractivity contribution in [3.05, 3.63) is 53.4 Å². The van der Waals surface area contributed by atoms with Gasteiger partial charge in [-0.1, -0.05) is 53.4 Å². The van der Waals surface area contributed by atoms with Crippen LogP contribution in [0.15, 0.2) is 30.5 Å². The molecule has 6 heteroatoms. The van der Waals surface area contributed by atoms with Crippen LogP contribution in [0.25, 0.3) is 0 Å². The number of carbonyl (C=O) groups excluding carboxylic acids is 1. The molecule has 0 aliphatic rings. The van der Waals surface area contributed by atoms with Crippen molar-refractivity contribution >= 4 is 6.29 Å². The van der Waals surface area contributed by atoms with E-state index in [0.717, 1.165) is 23.9 Å². The summed E-state index contributed by atoms with van der Waals surface area (Å²) >= 11 is 0. The van der Waals surface area contributed by atoms with E-state index in [9.17, 15) is 18.0 Å². The summed E-state index contributed by atoms with van der Waals surface area (Å²) in [5, 5.41) is 3.60. The van der Waals surface area contributed by atoms with Crippen LogP contribution in [0, 0.1) is 17.6 Å². The first-order valence-corrected chi connectivity index (χ1v) is 10.5. The molecule has 1 aromatic heterocycles. The molecule has 29 heavy (non-hydrogen) atoms. The number of nitrogens with zero attached hydrogens (tertiary/aromatic N) is 2. The second-order valence-electron chi connectivity index (χ2n) is 6.61. The Hall–Kier alpha value is -2.11. The lowest BCUT2D eigenvalue weighted by Gasteiger charge is -2.15. The number of rotatable bonds is 9. The van der Waals surface area contributed by atoms with Gasteiger partial charge in [0.1, 0.15) is 17.3 Å². The summed E-state index contributed by atoms with van der Waals surface area (Å²) in [6.45, 7) is 9.66. The maximum atomic E-state index is 13.4. The number of alkyl halides is 1. The van der Waals surface area contributed by atoms with Gasteiger partial charge in [0, 0.05) is 6.20 Å². The molecule has 1 aromatic carbocycles. The molecule has 3 nitrogen and oxygen atoms in total. The normalized spacial score (nSPS) is 11.2. The lowest BCUT2D eigenvalue weighted by atomic mass is 9.91. The number of aryl methyl sites for hydroxylation is 1. The number of benzene rings is 1. The second kappa shape index (κ2) is 15.8. The first kappa shape index (κ1) is 26.9. The van der Waals surface area contributed by atoms with Crippen molar-refractivity contribution in [2.75, 3.05) is 0 Å². The topological polar surface area (TPSA) is 34.9 Å². The number of hydrogen-bond donors (Lipinski definition) is 0. The van der Waals surface area contributed by atoms with Crippen LogP contribution >= 0.6 is 0 Å². The Labute approximate surface area is 173 Å². The fourth-order valence-corrected chi connectivity index (χ4v) is 3.06. The zero-order valence-electron chi connectivity index (χ0n) is 18.3.